The van der Waals surface area contributed by atoms with Gasteiger partial charge in [0.2, 0.25) is 21.8 Å². The van der Waals surface area contributed by atoms with Crippen molar-refractivity contribution in [2.45, 2.75) is 32.9 Å². The van der Waals surface area contributed by atoms with Gasteiger partial charge >= 0.3 is 0 Å². The van der Waals surface area contributed by atoms with Gasteiger partial charge < -0.3 is 10.2 Å². The summed E-state index contributed by atoms with van der Waals surface area (Å²) < 4.78 is 27.4. The first-order valence-electron chi connectivity index (χ1n) is 12.6. The van der Waals surface area contributed by atoms with Crippen molar-refractivity contribution < 1.29 is 18.0 Å². The third-order valence-electron chi connectivity index (χ3n) is 6.09. The largest absolute Gasteiger partial charge is 0.354 e. The van der Waals surface area contributed by atoms with E-state index in [9.17, 15) is 18.0 Å². The van der Waals surface area contributed by atoms with Crippen LogP contribution < -0.4 is 9.62 Å². The maximum atomic E-state index is 14.0. The zero-order chi connectivity index (χ0) is 29.4. The van der Waals surface area contributed by atoms with Crippen LogP contribution in [0.3, 0.4) is 0 Å². The number of hydrogen-bond donors (Lipinski definition) is 1. The summed E-state index contributed by atoms with van der Waals surface area (Å²) in [5, 5.41) is 3.62. The molecule has 3 aromatic rings. The first-order valence-corrected chi connectivity index (χ1v) is 16.0. The molecule has 3 aromatic carbocycles. The van der Waals surface area contributed by atoms with Gasteiger partial charge in [0, 0.05) is 24.0 Å². The van der Waals surface area contributed by atoms with Gasteiger partial charge in [-0.2, -0.15) is 0 Å². The Hall–Kier alpha value is -2.59. The highest BCUT2D eigenvalue weighted by molar-refractivity contribution is 9.10. The summed E-state index contributed by atoms with van der Waals surface area (Å²) in [5.41, 5.74) is 1.83. The van der Waals surface area contributed by atoms with Crippen LogP contribution >= 0.6 is 39.1 Å². The highest BCUT2D eigenvalue weighted by Crippen LogP contribution is 2.25. The lowest BCUT2D eigenvalue weighted by atomic mass is 10.0. The van der Waals surface area contributed by atoms with Gasteiger partial charge in [0.15, 0.2) is 0 Å². The van der Waals surface area contributed by atoms with Crippen molar-refractivity contribution in [3.63, 3.8) is 0 Å². The molecule has 1 N–H and O–H groups in total. The molecule has 0 spiro atoms. The van der Waals surface area contributed by atoms with Crippen LogP contribution in [0.2, 0.25) is 10.0 Å². The van der Waals surface area contributed by atoms with Crippen LogP contribution in [0.25, 0.3) is 0 Å². The molecule has 2 amide bonds. The predicted octanol–water partition coefficient (Wildman–Crippen LogP) is 5.93. The summed E-state index contributed by atoms with van der Waals surface area (Å²) in [7, 11) is -3.84. The molecule has 0 radical (unpaired) electrons. The van der Waals surface area contributed by atoms with Crippen LogP contribution in [0.5, 0.6) is 0 Å². The zero-order valence-corrected chi connectivity index (χ0v) is 26.4. The Morgan fingerprint density at radius 2 is 1.57 bits per heavy atom. The Labute approximate surface area is 254 Å². The fraction of sp³-hybridized carbons (Fsp3) is 0.310. The summed E-state index contributed by atoms with van der Waals surface area (Å²) >= 11 is 15.7. The van der Waals surface area contributed by atoms with Crippen molar-refractivity contribution in [3.8, 4) is 0 Å². The second-order valence-electron chi connectivity index (χ2n) is 9.86. The second kappa shape index (κ2) is 14.3. The highest BCUT2D eigenvalue weighted by Gasteiger charge is 2.33. The van der Waals surface area contributed by atoms with Crippen LogP contribution in [-0.4, -0.2) is 50.5 Å². The monoisotopic (exact) mass is 667 g/mol. The molecular formula is C29H32BrCl2N3O4S. The van der Waals surface area contributed by atoms with E-state index < -0.39 is 28.5 Å². The minimum Gasteiger partial charge on any atom is -0.354 e. The molecule has 3 rings (SSSR count). The minimum atomic E-state index is -3.84. The third kappa shape index (κ3) is 9.23. The zero-order valence-electron chi connectivity index (χ0n) is 22.5. The van der Waals surface area contributed by atoms with Crippen molar-refractivity contribution >= 4 is 66.7 Å². The molecule has 1 atom stereocenters. The van der Waals surface area contributed by atoms with E-state index >= 15 is 0 Å². The molecule has 0 aliphatic rings. The van der Waals surface area contributed by atoms with Crippen LogP contribution in [0.4, 0.5) is 5.69 Å². The number of nitrogens with zero attached hydrogens (tertiary/aromatic N) is 2. The molecule has 0 heterocycles. The van der Waals surface area contributed by atoms with E-state index in [2.05, 4.69) is 21.2 Å². The summed E-state index contributed by atoms with van der Waals surface area (Å²) in [5.74, 6) is -0.681. The summed E-state index contributed by atoms with van der Waals surface area (Å²) in [4.78, 5) is 29.1. The average Bonchev–Trinajstić information content (AvgIpc) is 2.90. The molecule has 1 unspecified atom stereocenters. The fourth-order valence-electron chi connectivity index (χ4n) is 4.03. The molecule has 0 aliphatic heterocycles. The van der Waals surface area contributed by atoms with Gasteiger partial charge in [-0.3, -0.25) is 13.9 Å². The number of hydrogen-bond acceptors (Lipinski definition) is 4. The maximum absolute atomic E-state index is 14.0. The van der Waals surface area contributed by atoms with Gasteiger partial charge in [0.1, 0.15) is 12.6 Å². The van der Waals surface area contributed by atoms with Gasteiger partial charge in [-0.25, -0.2) is 8.42 Å². The molecule has 0 bridgehead atoms. The highest BCUT2D eigenvalue weighted by atomic mass is 79.9. The van der Waals surface area contributed by atoms with Gasteiger partial charge in [-0.15, -0.1) is 0 Å². The predicted molar refractivity (Wildman–Crippen MR) is 165 cm³/mol. The molecule has 0 aromatic heterocycles. The van der Waals surface area contributed by atoms with Crippen LogP contribution in [0.15, 0.2) is 77.3 Å². The number of benzene rings is 3. The van der Waals surface area contributed by atoms with E-state index in [0.29, 0.717) is 27.8 Å². The topological polar surface area (TPSA) is 86.8 Å². The number of halogens is 3. The first kappa shape index (κ1) is 31.9. The lowest BCUT2D eigenvalue weighted by Gasteiger charge is -2.33. The van der Waals surface area contributed by atoms with Gasteiger partial charge in [-0.05, 0) is 53.4 Å². The number of nitrogens with one attached hydrogen (secondary N) is 1. The summed E-state index contributed by atoms with van der Waals surface area (Å²) in [6.45, 7) is 3.90. The fourth-order valence-corrected chi connectivity index (χ4v) is 5.47. The summed E-state index contributed by atoms with van der Waals surface area (Å²) in [6.07, 6.45) is 1.28. The van der Waals surface area contributed by atoms with E-state index in [1.165, 1.54) is 4.90 Å². The van der Waals surface area contributed by atoms with Crippen LogP contribution in [0, 0.1) is 5.92 Å². The normalized spacial score (nSPS) is 12.2. The SMILES string of the molecule is CC(C)CNC(=O)C(Cc1ccccc1)N(Cc1ccc(Cl)c(Cl)c1)C(=O)CN(c1ccc(Br)cc1)S(C)(=O)=O. The second-order valence-corrected chi connectivity index (χ2v) is 13.5. The van der Waals surface area contributed by atoms with Crippen molar-refractivity contribution in [1.29, 1.82) is 0 Å². The Morgan fingerprint density at radius 1 is 0.925 bits per heavy atom. The van der Waals surface area contributed by atoms with Gasteiger partial charge in [-0.1, -0.05) is 89.4 Å². The van der Waals surface area contributed by atoms with E-state index in [1.807, 2.05) is 44.2 Å². The minimum absolute atomic E-state index is 0.0141. The molecule has 214 valence electrons. The van der Waals surface area contributed by atoms with Crippen molar-refractivity contribution in [2.24, 2.45) is 5.92 Å². The molecule has 0 fully saturated rings. The van der Waals surface area contributed by atoms with Crippen molar-refractivity contribution in [1.82, 2.24) is 10.2 Å². The van der Waals surface area contributed by atoms with Gasteiger partial charge in [0.05, 0.1) is 22.0 Å². The smallest absolute Gasteiger partial charge is 0.244 e. The number of anilines is 1. The number of carbonyl (C=O) groups excluding carboxylic acids is 2. The van der Waals surface area contributed by atoms with Crippen LogP contribution in [0.1, 0.15) is 25.0 Å². The van der Waals surface area contributed by atoms with Gasteiger partial charge in [0.25, 0.3) is 0 Å². The molecular weight excluding hydrogens is 637 g/mol. The number of sulfonamides is 1. The third-order valence-corrected chi connectivity index (χ3v) is 8.49. The maximum Gasteiger partial charge on any atom is 0.244 e. The van der Waals surface area contributed by atoms with E-state index in [1.54, 1.807) is 42.5 Å². The molecule has 11 heteroatoms. The quantitative estimate of drug-likeness (QED) is 0.259. The number of rotatable bonds is 12. The first-order chi connectivity index (χ1) is 18.8. The average molecular weight is 669 g/mol. The Kier molecular flexibility index (Phi) is 11.5. The molecule has 0 aliphatic carbocycles. The molecule has 0 saturated heterocycles. The Balaban J connectivity index is 2.06. The summed E-state index contributed by atoms with van der Waals surface area (Å²) in [6, 6.07) is 20.0. The van der Waals surface area contributed by atoms with Crippen molar-refractivity contribution in [3.05, 3.63) is 98.4 Å². The van der Waals surface area contributed by atoms with E-state index in [-0.39, 0.29) is 24.8 Å². The van der Waals surface area contributed by atoms with E-state index in [0.717, 1.165) is 20.6 Å². The molecule has 0 saturated carbocycles. The van der Waals surface area contributed by atoms with E-state index in [4.69, 9.17) is 23.2 Å². The Bertz CT molecular complexity index is 1420. The lowest BCUT2D eigenvalue weighted by Crippen LogP contribution is -2.53. The number of amides is 2. The van der Waals surface area contributed by atoms with Crippen LogP contribution in [-0.2, 0) is 32.6 Å². The van der Waals surface area contributed by atoms with Crippen molar-refractivity contribution in [2.75, 3.05) is 23.7 Å². The standard InChI is InChI=1S/C29H32BrCl2N3O4S/c1-20(2)17-33-29(37)27(16-21-7-5-4-6-8-21)34(18-22-9-14-25(31)26(32)15-22)28(36)19-35(40(3,38)39)24-12-10-23(30)11-13-24/h4-15,20,27H,16-19H2,1-3H3,(H,33,37). The lowest BCUT2D eigenvalue weighted by molar-refractivity contribution is -0.140. The number of carbonyl (C=O) groups is 2. The molecule has 7 nitrogen and oxygen atoms in total. The molecule has 40 heavy (non-hydrogen) atoms. The Morgan fingerprint density at radius 3 is 2.15 bits per heavy atom.